The van der Waals surface area contributed by atoms with Crippen LogP contribution in [0.5, 0.6) is 0 Å². The van der Waals surface area contributed by atoms with Crippen molar-refractivity contribution < 1.29 is 18.6 Å². The second-order valence-electron chi connectivity index (χ2n) is 15.1. The number of hydrogen-bond acceptors (Lipinski definition) is 2. The molecule has 0 saturated carbocycles. The molecule has 0 spiro atoms. The SMILES string of the molecule is [V+2].c1ccc2cc3c(cc2c1)-c1cc2[n-]c(cc4nc(cc5[n-]c(cc-3n1)c1cc3ccccc3cc51)-c1cc3ccccc3cc1-4)c1cc3ccccc3cc21. The number of hydrogen-bond donors (Lipinski definition) is 0. The van der Waals surface area contributed by atoms with Gasteiger partial charge in [-0.3, -0.25) is 0 Å². The normalized spacial score (nSPS) is 12.1. The average molecular weight is 760 g/mol. The minimum Gasteiger partial charge on any atom is -0.657 e. The zero-order chi connectivity index (χ0) is 36.5. The van der Waals surface area contributed by atoms with Gasteiger partial charge in [0.2, 0.25) is 0 Å². The summed E-state index contributed by atoms with van der Waals surface area (Å²) in [5, 5.41) is 13.8. The monoisotopic (exact) mass is 759 g/mol. The first-order valence-corrected chi connectivity index (χ1v) is 19.0. The van der Waals surface area contributed by atoms with Gasteiger partial charge in [0.1, 0.15) is 0 Å². The molecule has 8 bridgehead atoms. The van der Waals surface area contributed by atoms with Crippen LogP contribution in [-0.4, -0.2) is 9.97 Å². The van der Waals surface area contributed by atoms with Crippen molar-refractivity contribution in [3.05, 3.63) is 170 Å². The summed E-state index contributed by atoms with van der Waals surface area (Å²) in [6, 6.07) is 61.1. The molecule has 13 rings (SSSR count). The first kappa shape index (κ1) is 32.3. The molecule has 2 aliphatic heterocycles. The molecule has 57 heavy (non-hydrogen) atoms. The Balaban J connectivity index is 0.00000356. The van der Waals surface area contributed by atoms with Crippen molar-refractivity contribution in [1.29, 1.82) is 0 Å². The van der Waals surface area contributed by atoms with Crippen LogP contribution in [0.15, 0.2) is 170 Å². The minimum absolute atomic E-state index is 0. The summed E-state index contributed by atoms with van der Waals surface area (Å²) in [7, 11) is 0. The molecule has 0 saturated heterocycles. The van der Waals surface area contributed by atoms with Gasteiger partial charge in [0.15, 0.2) is 0 Å². The quantitative estimate of drug-likeness (QED) is 0.154. The van der Waals surface area contributed by atoms with Crippen molar-refractivity contribution in [1.82, 2.24) is 19.9 Å². The molecule has 0 amide bonds. The average Bonchev–Trinajstić information content (AvgIpc) is 3.95. The summed E-state index contributed by atoms with van der Waals surface area (Å²) in [4.78, 5) is 21.6. The van der Waals surface area contributed by atoms with Crippen molar-refractivity contribution in [3.63, 3.8) is 0 Å². The summed E-state index contributed by atoms with van der Waals surface area (Å²) in [5.41, 5.74) is 11.5. The summed E-state index contributed by atoms with van der Waals surface area (Å²) in [6.07, 6.45) is 0. The van der Waals surface area contributed by atoms with Crippen LogP contribution >= 0.6 is 0 Å². The molecule has 0 unspecified atom stereocenters. The predicted molar refractivity (Wildman–Crippen MR) is 233 cm³/mol. The minimum atomic E-state index is 0. The van der Waals surface area contributed by atoms with Crippen LogP contribution in [0.1, 0.15) is 0 Å². The third kappa shape index (κ3) is 4.88. The third-order valence-electron chi connectivity index (χ3n) is 11.8. The van der Waals surface area contributed by atoms with E-state index in [-0.39, 0.29) is 18.6 Å². The number of fused-ring (bicyclic) bond motifs is 24. The Bertz CT molecular complexity index is 3250. The molecule has 0 fully saturated rings. The van der Waals surface area contributed by atoms with Crippen molar-refractivity contribution in [2.24, 2.45) is 0 Å². The summed E-state index contributed by atoms with van der Waals surface area (Å²) in [5.74, 6) is 0. The molecular formula is C52H28N4V. The predicted octanol–water partition coefficient (Wildman–Crippen LogP) is 13.2. The Labute approximate surface area is 338 Å². The number of aromatic nitrogens is 4. The Morgan fingerprint density at radius 2 is 0.474 bits per heavy atom. The fraction of sp³-hybridized carbons (Fsp3) is 0. The van der Waals surface area contributed by atoms with Gasteiger partial charge in [0, 0.05) is 22.3 Å². The zero-order valence-corrected chi connectivity index (χ0v) is 31.8. The van der Waals surface area contributed by atoms with Crippen LogP contribution in [0, 0.1) is 0 Å². The molecule has 4 nitrogen and oxygen atoms in total. The topological polar surface area (TPSA) is 54.0 Å². The van der Waals surface area contributed by atoms with E-state index in [1.807, 2.05) is 0 Å². The van der Waals surface area contributed by atoms with Gasteiger partial charge in [-0.05, 0) is 137 Å². The van der Waals surface area contributed by atoms with Gasteiger partial charge in [0.25, 0.3) is 0 Å². The zero-order valence-electron chi connectivity index (χ0n) is 30.4. The molecule has 3 aromatic heterocycles. The van der Waals surface area contributed by atoms with Crippen molar-refractivity contribution >= 4 is 86.7 Å². The molecule has 2 aliphatic rings. The third-order valence-corrected chi connectivity index (χ3v) is 11.8. The molecule has 5 heteroatoms. The maximum atomic E-state index is 5.41. The summed E-state index contributed by atoms with van der Waals surface area (Å²) < 4.78 is 0. The van der Waals surface area contributed by atoms with E-state index in [0.29, 0.717) is 0 Å². The first-order valence-electron chi connectivity index (χ1n) is 19.0. The Kier molecular flexibility index (Phi) is 6.80. The van der Waals surface area contributed by atoms with Gasteiger partial charge in [0.05, 0.1) is 22.8 Å². The molecule has 11 aromatic rings. The largest absolute Gasteiger partial charge is 2.00 e. The molecule has 8 aromatic carbocycles. The number of benzene rings is 8. The Morgan fingerprint density at radius 3 is 0.702 bits per heavy atom. The fourth-order valence-electron chi connectivity index (χ4n) is 9.06. The first-order chi connectivity index (χ1) is 27.7. The molecule has 261 valence electrons. The van der Waals surface area contributed by atoms with Gasteiger partial charge in [-0.2, -0.15) is 0 Å². The maximum Gasteiger partial charge on any atom is 2.00 e. The van der Waals surface area contributed by atoms with Crippen LogP contribution < -0.4 is 9.97 Å². The van der Waals surface area contributed by atoms with Crippen LogP contribution in [0.2, 0.25) is 0 Å². The fourth-order valence-corrected chi connectivity index (χ4v) is 9.06. The van der Waals surface area contributed by atoms with Crippen LogP contribution in [0.25, 0.3) is 132 Å². The van der Waals surface area contributed by atoms with E-state index in [9.17, 15) is 0 Å². The van der Waals surface area contributed by atoms with Gasteiger partial charge >= 0.3 is 18.6 Å². The van der Waals surface area contributed by atoms with Gasteiger partial charge in [-0.15, -0.1) is 22.1 Å². The maximum absolute atomic E-state index is 5.41. The Morgan fingerprint density at radius 1 is 0.263 bits per heavy atom. The Hall–Kier alpha value is -6.98. The molecule has 0 atom stereocenters. The van der Waals surface area contributed by atoms with Crippen LogP contribution in [-0.2, 0) is 18.6 Å². The van der Waals surface area contributed by atoms with Gasteiger partial charge in [-0.25, -0.2) is 9.97 Å². The van der Waals surface area contributed by atoms with E-state index in [1.54, 1.807) is 0 Å². The van der Waals surface area contributed by atoms with E-state index < -0.39 is 0 Å². The smallest absolute Gasteiger partial charge is 0.657 e. The van der Waals surface area contributed by atoms with E-state index >= 15 is 0 Å². The summed E-state index contributed by atoms with van der Waals surface area (Å²) in [6.45, 7) is 0. The summed E-state index contributed by atoms with van der Waals surface area (Å²) >= 11 is 0. The standard InChI is InChI=1S/C52H28N4.V/c1-2-10-30-18-38-37(17-29(30)9-1)45-25-47-39-19-31-11-3-4-12-32(31)20-40(39)49(54-47)27-51-43-23-35-15-7-8-16-36(35)24-44(43)52(56-51)28-50-42-22-34-14-6-5-13-33(34)21-41(42)48(55-50)26-46(38)53-45;/h1-28H;/q-2;+2. The number of nitrogens with zero attached hydrogens (tertiary/aromatic N) is 4. The van der Waals surface area contributed by atoms with E-state index in [2.05, 4.69) is 170 Å². The van der Waals surface area contributed by atoms with E-state index in [4.69, 9.17) is 19.9 Å². The molecule has 5 heterocycles. The molecule has 1 radical (unpaired) electrons. The van der Waals surface area contributed by atoms with Crippen LogP contribution in [0.3, 0.4) is 0 Å². The van der Waals surface area contributed by atoms with Crippen molar-refractivity contribution in [2.45, 2.75) is 0 Å². The molecule has 0 N–H and O–H groups in total. The second kappa shape index (κ2) is 12.0. The molecular weight excluding hydrogens is 732 g/mol. The van der Waals surface area contributed by atoms with Crippen molar-refractivity contribution in [2.75, 3.05) is 0 Å². The van der Waals surface area contributed by atoms with Gasteiger partial charge < -0.3 is 9.97 Å². The van der Waals surface area contributed by atoms with E-state index in [1.165, 1.54) is 43.1 Å². The van der Waals surface area contributed by atoms with E-state index in [0.717, 1.165) is 88.6 Å². The number of rotatable bonds is 0. The second-order valence-corrected chi connectivity index (χ2v) is 15.1. The van der Waals surface area contributed by atoms with Crippen LogP contribution in [0.4, 0.5) is 0 Å². The van der Waals surface area contributed by atoms with Crippen molar-refractivity contribution in [3.8, 4) is 45.0 Å². The molecule has 0 aliphatic carbocycles. The van der Waals surface area contributed by atoms with Gasteiger partial charge in [-0.1, -0.05) is 97.1 Å².